The molecule has 0 radical (unpaired) electrons. The zero-order valence-electron chi connectivity index (χ0n) is 79.3. The Hall–Kier alpha value is -11.0. The van der Waals surface area contributed by atoms with E-state index in [9.17, 15) is 114 Å². The van der Waals surface area contributed by atoms with Crippen LogP contribution in [0.15, 0.2) is 50.7 Å². The number of carboxylic acids is 4. The predicted molar refractivity (Wildman–Crippen MR) is 502 cm³/mol. The van der Waals surface area contributed by atoms with Crippen LogP contribution in [-0.4, -0.2) is 311 Å². The van der Waals surface area contributed by atoms with Crippen LogP contribution < -0.4 is 79.8 Å². The van der Waals surface area contributed by atoms with Gasteiger partial charge in [0.15, 0.2) is 43.9 Å². The number of hydrogen-bond donors (Lipinski definition) is 18. The van der Waals surface area contributed by atoms with Crippen LogP contribution in [0.2, 0.25) is 5.02 Å². The van der Waals surface area contributed by atoms with Crippen molar-refractivity contribution in [3.05, 3.63) is 64.0 Å². The molecule has 4 bridgehead atoms. The maximum Gasteiger partial charge on any atom is 0.409 e. The number of ether oxygens (including phenoxy) is 7. The lowest BCUT2D eigenvalue weighted by Crippen LogP contribution is -2.63. The summed E-state index contributed by atoms with van der Waals surface area (Å²) in [5.41, 5.74) is 14.1. The Morgan fingerprint density at radius 3 is 2.00 bits per heavy atom. The number of esters is 1. The molecule has 0 spiro atoms. The Morgan fingerprint density at radius 1 is 0.780 bits per heavy atom. The van der Waals surface area contributed by atoms with Crippen LogP contribution in [0.5, 0.6) is 5.75 Å². The molecule has 0 aromatic heterocycles. The van der Waals surface area contributed by atoms with Crippen molar-refractivity contribution < 1.29 is 161 Å². The highest BCUT2D eigenvalue weighted by molar-refractivity contribution is 8.77. The van der Waals surface area contributed by atoms with Crippen LogP contribution in [0.4, 0.5) is 29.3 Å². The van der Waals surface area contributed by atoms with Gasteiger partial charge in [0, 0.05) is 89.0 Å². The molecule has 3 aliphatic heterocycles. The fourth-order valence-electron chi connectivity index (χ4n) is 15.3. The molecule has 2 saturated heterocycles. The summed E-state index contributed by atoms with van der Waals surface area (Å²) in [4.78, 5) is 203. The predicted octanol–water partition coefficient (Wildman–Crippen LogP) is 1.08. The number of halogens is 4. The number of alkyl carbamates (subject to hydrolysis) is 1. The lowest BCUT2D eigenvalue weighted by molar-refractivity contribution is -0.162. The first kappa shape index (κ1) is 119. The van der Waals surface area contributed by atoms with E-state index in [0.29, 0.717) is 37.7 Å². The number of methoxy groups -OCH3 is 2. The van der Waals surface area contributed by atoms with Gasteiger partial charge in [-0.15, -0.1) is 0 Å². The van der Waals surface area contributed by atoms with Gasteiger partial charge in [0.25, 0.3) is 0 Å². The normalized spacial score (nSPS) is 21.3. The van der Waals surface area contributed by atoms with Gasteiger partial charge in [0.2, 0.25) is 63.2 Å². The van der Waals surface area contributed by atoms with E-state index in [1.807, 2.05) is 6.92 Å². The molecule has 2 aromatic carbocycles. The molecule has 788 valence electrons. The average molecular weight is 2100 g/mol. The number of rotatable bonds is 51. The van der Waals surface area contributed by atoms with Crippen LogP contribution in [0.3, 0.4) is 0 Å². The van der Waals surface area contributed by atoms with E-state index in [2.05, 4.69) is 52.8 Å². The molecule has 14 atom stereocenters. The number of nitrogens with two attached hydrogens (primary N) is 4. The number of carbonyl (C=O) groups excluding carboxylic acids is 11. The van der Waals surface area contributed by atoms with Crippen molar-refractivity contribution in [1.82, 2.24) is 47.4 Å². The topological polar surface area (TPSA) is 725 Å². The minimum absolute atomic E-state index is 0.0905. The Labute approximate surface area is 824 Å². The van der Waals surface area contributed by atoms with Gasteiger partial charge in [-0.2, -0.15) is 0 Å². The molecule has 3 heterocycles. The van der Waals surface area contributed by atoms with Gasteiger partial charge in [-0.05, 0) is 90.8 Å². The number of sulfonamides is 1. The third-order valence-corrected chi connectivity index (χ3v) is 29.9. The number of guanidine groups is 1. The van der Waals surface area contributed by atoms with Crippen molar-refractivity contribution >= 4 is 159 Å². The van der Waals surface area contributed by atoms with Gasteiger partial charge in [-0.1, -0.05) is 96.0 Å². The first-order valence-electron chi connectivity index (χ1n) is 44.7. The zero-order chi connectivity index (χ0) is 106. The Kier molecular flexibility index (Phi) is 45.9. The van der Waals surface area contributed by atoms with E-state index in [1.165, 1.54) is 40.1 Å². The summed E-state index contributed by atoms with van der Waals surface area (Å²) in [6.45, 7) is 7.35. The molecule has 1 aliphatic carbocycles. The lowest BCUT2D eigenvalue weighted by atomic mass is 9.83. The summed E-state index contributed by atoms with van der Waals surface area (Å²) >= 11 is 6.85. The molecule has 22 N–H and O–H groups in total. The van der Waals surface area contributed by atoms with Crippen LogP contribution >= 0.6 is 33.2 Å². The molecule has 3 fully saturated rings. The van der Waals surface area contributed by atoms with Crippen LogP contribution in [0, 0.1) is 29.3 Å². The van der Waals surface area contributed by atoms with Crippen molar-refractivity contribution in [1.29, 1.82) is 0 Å². The quantitative estimate of drug-likeness (QED) is 0.00644. The number of nitrogens with zero attached hydrogens (tertiary/aromatic N) is 3. The number of aliphatic hydroxyl groups is 1. The molecular weight excluding hydrogens is 1970 g/mol. The molecule has 10 amide bonds. The maximum absolute atomic E-state index is 15.8. The monoisotopic (exact) mass is 2100 g/mol. The Balaban J connectivity index is 0.984. The van der Waals surface area contributed by atoms with Gasteiger partial charge in [-0.3, -0.25) is 67.8 Å². The smallest absolute Gasteiger partial charge is 0.409 e. The molecular formula is C86H126ClF3N16O31S4. The summed E-state index contributed by atoms with van der Waals surface area (Å²) in [6, 6.07) is -8.08. The summed E-state index contributed by atoms with van der Waals surface area (Å²) in [7, 11) is -2.71. The van der Waals surface area contributed by atoms with Gasteiger partial charge >= 0.3 is 35.9 Å². The van der Waals surface area contributed by atoms with E-state index < -0.39 is 312 Å². The van der Waals surface area contributed by atoms with E-state index in [0.717, 1.165) is 51.3 Å². The van der Waals surface area contributed by atoms with Gasteiger partial charge in [-0.25, -0.2) is 49.5 Å². The third kappa shape index (κ3) is 36.4. The first-order chi connectivity index (χ1) is 66.0. The molecule has 2 aromatic rings. The second kappa shape index (κ2) is 54.5. The van der Waals surface area contributed by atoms with Crippen LogP contribution in [-0.2, 0) is 122 Å². The van der Waals surface area contributed by atoms with E-state index >= 15 is 13.2 Å². The number of primary sulfonamides is 1. The fraction of sp³-hybridized carbons (Fsp3) is 0.628. The average Bonchev–Trinajstić information content (AvgIpc) is 1.59. The number of amides is 10. The summed E-state index contributed by atoms with van der Waals surface area (Å²) < 4.78 is 137. The van der Waals surface area contributed by atoms with E-state index in [-0.39, 0.29) is 75.1 Å². The molecule has 1 saturated carbocycles. The Morgan fingerprint density at radius 2 is 1.38 bits per heavy atom. The summed E-state index contributed by atoms with van der Waals surface area (Å²) in [6.07, 6.45) is -1.94. The Bertz CT molecular complexity index is 5200. The maximum atomic E-state index is 15.8. The standard InChI is InChI=1S/C86H126ClF3N16O31S4/c1-44-18-16-22-58(132-10)86(126)40-57(135-83(125)104-86)45(2)74-85(6,137-74)59(39-63(110)106(8)55-33-47(32-44)34-56(131-9)67(55)87)136-81(124)46(3)105(7)62(109)23-25-84(4,5)139-138-42-54(80(122)123)103-79(121)53(38-66(115)116)101-76(118)50(91)41-97-77(119)52(37-65(113)114)102-78(120)51(21-17-26-96-82(92)93)100-75(117)48(36-64(111)112)35-61(108)98-43-134-30-29-133-28-27-95-60(107)24-31-140(127,128)73-69(89)68(88)72(141(94,129)130)70(90)71(73)99-49-19-14-12-11-13-15-20-49/h16,18,22,33-34,45-46,48-54,57-59,74,99,126H,11-15,17,19-21,23-32,35-43,91H2,1-10H3,(H,95,107)(H,97,119)(H,98,108)(H,100,117)(H,101,118)(H,102,120)(H,103,121)(H,104,125)(H,111,112)(H,113,114)(H,115,116)(H,122,123)(H4,92,93,96)(H2,94,129,130)/b22-16+,44-18-/t45?,46?,48?,50-,51?,52?,53-,54-,57?,58?,59?,74?,85?,86?/m0/s1. The zero-order valence-corrected chi connectivity index (χ0v) is 83.4. The minimum Gasteiger partial charge on any atom is -0.495 e. The number of anilines is 2. The molecule has 11 unspecified atom stereocenters. The molecule has 4 aliphatic rings. The second-order valence-electron chi connectivity index (χ2n) is 35.0. The number of sulfone groups is 1. The van der Waals surface area contributed by atoms with Crippen molar-refractivity contribution in [3.63, 3.8) is 0 Å². The number of nitrogens with one attached hydrogen (secondary N) is 9. The molecule has 6 rings (SSSR count). The third-order valence-electron chi connectivity index (χ3n) is 23.5. The number of carboxylic acid groups (broad SMARTS) is 4. The number of hydrogen-bond acceptors (Lipinski definition) is 32. The van der Waals surface area contributed by atoms with Crippen molar-refractivity contribution in [2.75, 3.05) is 96.2 Å². The van der Waals surface area contributed by atoms with Gasteiger partial charge in [0.1, 0.15) is 82.6 Å². The molecule has 47 nitrogen and oxygen atoms in total. The summed E-state index contributed by atoms with van der Waals surface area (Å²) in [5, 5.41) is 77.2. The number of epoxide rings is 1. The number of aliphatic carboxylic acids is 4. The largest absolute Gasteiger partial charge is 0.495 e. The number of fused-ring (bicyclic) bond motifs is 5. The number of benzene rings is 2. The number of carbonyl (C=O) groups is 15. The second-order valence-corrected chi connectivity index (χ2v) is 42.0. The number of aliphatic imine (C=N–C) groups is 1. The SMILES string of the molecule is COc1cc2cc(c1Cl)N(C)C(=O)CC(OC(=O)C(C)N(C)C(=O)CCC(C)(C)SSC[C@H](NC(=O)[C@H](CC(=O)O)NC(=O)[C@@H](N)CNC(=O)C(CC(=O)O)NC(=O)C(CCCN=C(N)N)NC(=O)C(CC(=O)O)CC(=O)NCOCCOCCNC(=O)CCS(=O)(=O)c1c(F)c(F)c(S(N)(=O)=O)c(F)c1NC1CCCCCCC1)C(=O)O)C1(C)OC1C(C)C1CC(O)(NC(=O)O1)C(OC)/C=C/C=C(/C)C2. The van der Waals surface area contributed by atoms with Crippen molar-refractivity contribution in [3.8, 4) is 5.75 Å². The minimum atomic E-state index is -5.26. The summed E-state index contributed by atoms with van der Waals surface area (Å²) in [5.74, 6) is -27.8. The lowest BCUT2D eigenvalue weighted by Gasteiger charge is -2.42. The highest BCUT2D eigenvalue weighted by Crippen LogP contribution is 2.50. The van der Waals surface area contributed by atoms with E-state index in [4.69, 9.17) is 67.1 Å². The van der Waals surface area contributed by atoms with Crippen LogP contribution in [0.1, 0.15) is 163 Å². The number of allylic oxidation sites excluding steroid dienone is 3. The van der Waals surface area contributed by atoms with Gasteiger partial charge < -0.3 is 128 Å². The van der Waals surface area contributed by atoms with E-state index in [1.54, 1.807) is 58.1 Å². The molecule has 141 heavy (non-hydrogen) atoms. The fourth-order valence-corrected chi connectivity index (χ4v) is 20.6. The number of likely N-dealkylation sites (N-methyl/N-ethyl adjacent to an activating group) is 1. The van der Waals surface area contributed by atoms with Crippen LogP contribution in [0.25, 0.3) is 0 Å². The van der Waals surface area contributed by atoms with Crippen molar-refractivity contribution in [2.45, 2.75) is 256 Å². The van der Waals surface area contributed by atoms with Gasteiger partial charge in [0.05, 0.1) is 81.8 Å². The highest BCUT2D eigenvalue weighted by Gasteiger charge is 2.65. The van der Waals surface area contributed by atoms with Crippen molar-refractivity contribution in [2.24, 2.45) is 39.2 Å². The highest BCUT2D eigenvalue weighted by atomic mass is 35.5. The first-order valence-corrected chi connectivity index (χ1v) is 50.6. The molecule has 55 heteroatoms.